The van der Waals surface area contributed by atoms with Crippen molar-refractivity contribution in [2.45, 2.75) is 24.8 Å². The predicted octanol–water partition coefficient (Wildman–Crippen LogP) is 2.90. The van der Waals surface area contributed by atoms with Crippen molar-refractivity contribution in [3.63, 3.8) is 0 Å². The second kappa shape index (κ2) is 8.76. The number of primary amides is 1. The minimum absolute atomic E-state index is 0.420. The summed E-state index contributed by atoms with van der Waals surface area (Å²) < 4.78 is 1.79. The number of fused-ring (bicyclic) bond motifs is 1. The normalized spacial score (nSPS) is 17.2. The average Bonchev–Trinajstić information content (AvgIpc) is 3.27. The quantitative estimate of drug-likeness (QED) is 0.436. The van der Waals surface area contributed by atoms with Crippen LogP contribution in [0.2, 0.25) is 0 Å². The molecule has 1 amide bonds. The summed E-state index contributed by atoms with van der Waals surface area (Å²) in [6, 6.07) is 12.9. The minimum Gasteiger partial charge on any atom is -0.369 e. The van der Waals surface area contributed by atoms with Crippen LogP contribution >= 0.6 is 0 Å². The Morgan fingerprint density at radius 1 is 1.22 bits per heavy atom. The molecule has 0 bridgehead atoms. The first-order valence-corrected chi connectivity index (χ1v) is 10.8. The van der Waals surface area contributed by atoms with E-state index in [0.717, 1.165) is 59.7 Å². The maximum Gasteiger partial charge on any atom is 0.244 e. The predicted molar refractivity (Wildman–Crippen MR) is 123 cm³/mol. The van der Waals surface area contributed by atoms with Gasteiger partial charge in [0.25, 0.3) is 0 Å². The number of hydrogen-bond donors (Lipinski definition) is 3. The van der Waals surface area contributed by atoms with Crippen molar-refractivity contribution in [1.82, 2.24) is 24.9 Å². The summed E-state index contributed by atoms with van der Waals surface area (Å²) >= 11 is 0. The number of nitrogens with two attached hydrogens (primary N) is 1. The fourth-order valence-corrected chi connectivity index (χ4v) is 4.24. The van der Waals surface area contributed by atoms with Crippen molar-refractivity contribution in [1.29, 1.82) is 0 Å². The van der Waals surface area contributed by atoms with E-state index in [9.17, 15) is 4.79 Å². The first kappa shape index (κ1) is 20.1. The molecule has 32 heavy (non-hydrogen) atoms. The van der Waals surface area contributed by atoms with E-state index < -0.39 is 11.9 Å². The molecule has 0 aliphatic carbocycles. The number of hydrogen-bond acceptors (Lipinski definition) is 6. The van der Waals surface area contributed by atoms with Gasteiger partial charge in [-0.15, -0.1) is 0 Å². The topological polar surface area (TPSA) is 110 Å². The molecule has 162 valence electrons. The third kappa shape index (κ3) is 4.04. The maximum atomic E-state index is 12.3. The van der Waals surface area contributed by atoms with Crippen LogP contribution < -0.4 is 16.4 Å². The first-order valence-electron chi connectivity index (χ1n) is 10.8. The Kier molecular flexibility index (Phi) is 5.51. The Morgan fingerprint density at radius 3 is 2.94 bits per heavy atom. The van der Waals surface area contributed by atoms with E-state index in [4.69, 9.17) is 10.7 Å². The van der Waals surface area contributed by atoms with Crippen LogP contribution in [0.4, 0.5) is 5.69 Å². The zero-order valence-electron chi connectivity index (χ0n) is 17.6. The maximum absolute atomic E-state index is 12.3. The largest absolute Gasteiger partial charge is 0.369 e. The van der Waals surface area contributed by atoms with Crippen molar-refractivity contribution in [3.8, 4) is 11.3 Å². The number of piperidine rings is 1. The van der Waals surface area contributed by atoms with Gasteiger partial charge in [-0.25, -0.2) is 4.52 Å². The highest BCUT2D eigenvalue weighted by Crippen LogP contribution is 2.29. The number of carbonyl (C=O) groups excluding carboxylic acids is 1. The third-order valence-electron chi connectivity index (χ3n) is 5.90. The van der Waals surface area contributed by atoms with Gasteiger partial charge in [0.2, 0.25) is 5.91 Å². The molecule has 8 heteroatoms. The van der Waals surface area contributed by atoms with E-state index >= 15 is 0 Å². The van der Waals surface area contributed by atoms with Crippen LogP contribution in [0.1, 0.15) is 36.1 Å². The van der Waals surface area contributed by atoms with E-state index in [0.29, 0.717) is 5.92 Å². The summed E-state index contributed by atoms with van der Waals surface area (Å²) in [5.74, 6) is -0.0480. The van der Waals surface area contributed by atoms with E-state index in [2.05, 4.69) is 32.8 Å². The van der Waals surface area contributed by atoms with Crippen molar-refractivity contribution in [3.05, 3.63) is 78.5 Å². The number of rotatable bonds is 6. The van der Waals surface area contributed by atoms with Crippen LogP contribution in [0.15, 0.2) is 67.3 Å². The third-order valence-corrected chi connectivity index (χ3v) is 5.90. The molecule has 4 aromatic rings. The molecule has 2 unspecified atom stereocenters. The Balaban J connectivity index is 1.50. The molecule has 0 spiro atoms. The molecule has 5 rings (SSSR count). The van der Waals surface area contributed by atoms with Crippen LogP contribution in [-0.4, -0.2) is 38.6 Å². The standard InChI is InChI=1S/C24H25N7O/c25-24(32)23(29-18-5-3-10-27-14-18)16-8-11-31-22(12-16)19(15-28-31)21-7-1-6-20(30-21)17-4-2-9-26-13-17/h1,3,5-8,10-12,14-15,17,23,26,29H,2,4,9,13H2,(H2,25,32). The number of carbonyl (C=O) groups is 1. The first-order chi connectivity index (χ1) is 15.7. The van der Waals surface area contributed by atoms with Crippen molar-refractivity contribution in [2.24, 2.45) is 5.73 Å². The van der Waals surface area contributed by atoms with Crippen molar-refractivity contribution < 1.29 is 4.79 Å². The second-order valence-corrected chi connectivity index (χ2v) is 8.06. The van der Waals surface area contributed by atoms with Gasteiger partial charge in [-0.05, 0) is 61.3 Å². The fraction of sp³-hybridized carbons (Fsp3) is 0.250. The monoisotopic (exact) mass is 427 g/mol. The highest BCUT2D eigenvalue weighted by Gasteiger charge is 2.21. The average molecular weight is 428 g/mol. The summed E-state index contributed by atoms with van der Waals surface area (Å²) in [6.07, 6.45) is 9.30. The molecule has 1 saturated heterocycles. The molecule has 0 aromatic carbocycles. The summed E-state index contributed by atoms with van der Waals surface area (Å²) in [7, 11) is 0. The number of nitrogens with zero attached hydrogens (tertiary/aromatic N) is 4. The van der Waals surface area contributed by atoms with Crippen molar-refractivity contribution >= 4 is 17.1 Å². The summed E-state index contributed by atoms with van der Waals surface area (Å²) in [5.41, 5.74) is 11.0. The lowest BCUT2D eigenvalue weighted by Gasteiger charge is -2.22. The fourth-order valence-electron chi connectivity index (χ4n) is 4.24. The molecule has 0 radical (unpaired) electrons. The Labute approximate surface area is 185 Å². The lowest BCUT2D eigenvalue weighted by Crippen LogP contribution is -2.28. The smallest absolute Gasteiger partial charge is 0.244 e. The van der Waals surface area contributed by atoms with Gasteiger partial charge in [0, 0.05) is 42.3 Å². The lowest BCUT2D eigenvalue weighted by molar-refractivity contribution is -0.118. The van der Waals surface area contributed by atoms with E-state index in [1.165, 1.54) is 0 Å². The minimum atomic E-state index is -0.695. The van der Waals surface area contributed by atoms with Gasteiger partial charge in [0.05, 0.1) is 23.1 Å². The molecule has 5 heterocycles. The molecule has 0 saturated carbocycles. The number of pyridine rings is 3. The van der Waals surface area contributed by atoms with E-state index in [1.54, 1.807) is 23.0 Å². The van der Waals surface area contributed by atoms with Crippen LogP contribution in [0.25, 0.3) is 16.8 Å². The lowest BCUT2D eigenvalue weighted by atomic mass is 9.95. The zero-order chi connectivity index (χ0) is 21.9. The van der Waals surface area contributed by atoms with Gasteiger partial charge in [0.1, 0.15) is 6.04 Å². The van der Waals surface area contributed by atoms with Gasteiger partial charge in [0.15, 0.2) is 0 Å². The SMILES string of the molecule is NC(=O)C(Nc1cccnc1)c1ccn2ncc(-c3cccc(C4CCCNC4)n3)c2c1. The van der Waals surface area contributed by atoms with E-state index in [1.807, 2.05) is 36.7 Å². The Morgan fingerprint density at radius 2 is 2.16 bits per heavy atom. The van der Waals surface area contributed by atoms with Crippen LogP contribution in [0.3, 0.4) is 0 Å². The molecule has 2 atom stereocenters. The van der Waals surface area contributed by atoms with E-state index in [-0.39, 0.29) is 0 Å². The second-order valence-electron chi connectivity index (χ2n) is 8.06. The highest BCUT2D eigenvalue weighted by molar-refractivity contribution is 5.86. The molecule has 4 aromatic heterocycles. The summed E-state index contributed by atoms with van der Waals surface area (Å²) in [5, 5.41) is 11.1. The molecule has 1 fully saturated rings. The van der Waals surface area contributed by atoms with Gasteiger partial charge >= 0.3 is 0 Å². The number of amides is 1. The molecular formula is C24H25N7O. The van der Waals surface area contributed by atoms with Gasteiger partial charge < -0.3 is 16.4 Å². The van der Waals surface area contributed by atoms with Crippen LogP contribution in [-0.2, 0) is 4.79 Å². The highest BCUT2D eigenvalue weighted by atomic mass is 16.1. The number of aromatic nitrogens is 4. The molecule has 1 aliphatic rings. The van der Waals surface area contributed by atoms with Gasteiger partial charge in [-0.2, -0.15) is 5.10 Å². The van der Waals surface area contributed by atoms with Crippen LogP contribution in [0, 0.1) is 0 Å². The molecular weight excluding hydrogens is 402 g/mol. The van der Waals surface area contributed by atoms with Gasteiger partial charge in [-0.3, -0.25) is 14.8 Å². The zero-order valence-corrected chi connectivity index (χ0v) is 17.6. The number of nitrogens with one attached hydrogen (secondary N) is 2. The molecule has 4 N–H and O–H groups in total. The molecule has 1 aliphatic heterocycles. The summed E-state index contributed by atoms with van der Waals surface area (Å²) in [4.78, 5) is 21.3. The number of anilines is 1. The van der Waals surface area contributed by atoms with Gasteiger partial charge in [-0.1, -0.05) is 6.07 Å². The Bertz CT molecular complexity index is 1230. The van der Waals surface area contributed by atoms with Crippen LogP contribution in [0.5, 0.6) is 0 Å². The van der Waals surface area contributed by atoms with Crippen molar-refractivity contribution in [2.75, 3.05) is 18.4 Å². The summed E-state index contributed by atoms with van der Waals surface area (Å²) in [6.45, 7) is 2.02. The molecule has 8 nitrogen and oxygen atoms in total. The Hall–Kier alpha value is -3.78.